The second-order valence-corrected chi connectivity index (χ2v) is 6.92. The normalized spacial score (nSPS) is 10.3. The molecule has 1 aromatic heterocycles. The molecule has 2 rings (SSSR count). The molecule has 0 fully saturated rings. The van der Waals surface area contributed by atoms with Gasteiger partial charge in [0.05, 0.1) is 16.8 Å². The number of aromatic nitrogens is 2. The fourth-order valence-electron chi connectivity index (χ4n) is 1.68. The van der Waals surface area contributed by atoms with Crippen LogP contribution in [-0.4, -0.2) is 16.0 Å². The summed E-state index contributed by atoms with van der Waals surface area (Å²) in [5.74, 6) is 0.732. The SMILES string of the molecule is Cc1cc(C)c(Nc2nnc(SCCC#N)s2)c(Cl)c1. The van der Waals surface area contributed by atoms with Crippen molar-refractivity contribution in [1.82, 2.24) is 10.2 Å². The molecule has 0 saturated heterocycles. The Balaban J connectivity index is 2.09. The molecule has 1 aromatic carbocycles. The summed E-state index contributed by atoms with van der Waals surface area (Å²) < 4.78 is 0.851. The molecule has 1 heterocycles. The lowest BCUT2D eigenvalue weighted by Gasteiger charge is -2.09. The van der Waals surface area contributed by atoms with Gasteiger partial charge < -0.3 is 5.32 Å². The molecule has 0 atom stereocenters. The number of benzene rings is 1. The maximum absolute atomic E-state index is 8.50. The number of hydrogen-bond donors (Lipinski definition) is 1. The van der Waals surface area contributed by atoms with Crippen LogP contribution < -0.4 is 5.32 Å². The van der Waals surface area contributed by atoms with Crippen molar-refractivity contribution in [1.29, 1.82) is 5.26 Å². The largest absolute Gasteiger partial charge is 0.329 e. The first-order chi connectivity index (χ1) is 9.60. The second kappa shape index (κ2) is 6.93. The summed E-state index contributed by atoms with van der Waals surface area (Å²) in [7, 11) is 0. The third-order valence-corrected chi connectivity index (χ3v) is 4.78. The van der Waals surface area contributed by atoms with Crippen molar-refractivity contribution in [3.05, 3.63) is 28.3 Å². The zero-order chi connectivity index (χ0) is 14.5. The van der Waals surface area contributed by atoms with Crippen molar-refractivity contribution in [3.8, 4) is 6.07 Å². The van der Waals surface area contributed by atoms with Crippen LogP contribution in [-0.2, 0) is 0 Å². The van der Waals surface area contributed by atoms with Crippen LogP contribution in [0.15, 0.2) is 16.5 Å². The summed E-state index contributed by atoms with van der Waals surface area (Å²) >= 11 is 9.24. The molecule has 104 valence electrons. The number of rotatable bonds is 5. The van der Waals surface area contributed by atoms with Crippen LogP contribution in [0.2, 0.25) is 5.02 Å². The molecule has 0 aliphatic heterocycles. The average molecular weight is 325 g/mol. The van der Waals surface area contributed by atoms with Crippen LogP contribution in [0.4, 0.5) is 10.8 Å². The molecule has 0 unspecified atom stereocenters. The van der Waals surface area contributed by atoms with Gasteiger partial charge in [-0.3, -0.25) is 0 Å². The van der Waals surface area contributed by atoms with Crippen LogP contribution in [0.1, 0.15) is 17.5 Å². The van der Waals surface area contributed by atoms with Crippen molar-refractivity contribution in [2.75, 3.05) is 11.1 Å². The monoisotopic (exact) mass is 324 g/mol. The molecule has 0 amide bonds. The van der Waals surface area contributed by atoms with Crippen molar-refractivity contribution >= 4 is 45.5 Å². The second-order valence-electron chi connectivity index (χ2n) is 4.19. The van der Waals surface area contributed by atoms with E-state index in [0.29, 0.717) is 16.6 Å². The van der Waals surface area contributed by atoms with Crippen LogP contribution >= 0.6 is 34.7 Å². The van der Waals surface area contributed by atoms with Gasteiger partial charge >= 0.3 is 0 Å². The summed E-state index contributed by atoms with van der Waals surface area (Å²) in [4.78, 5) is 0. The highest BCUT2D eigenvalue weighted by Crippen LogP contribution is 2.33. The molecule has 7 heteroatoms. The van der Waals surface area contributed by atoms with E-state index in [0.717, 1.165) is 26.9 Å². The van der Waals surface area contributed by atoms with Gasteiger partial charge in [0, 0.05) is 12.2 Å². The zero-order valence-electron chi connectivity index (χ0n) is 11.1. The Bertz CT molecular complexity index is 625. The van der Waals surface area contributed by atoms with Crippen molar-refractivity contribution in [2.24, 2.45) is 0 Å². The van der Waals surface area contributed by atoms with Gasteiger partial charge in [0.1, 0.15) is 0 Å². The van der Waals surface area contributed by atoms with Crippen LogP contribution in [0.5, 0.6) is 0 Å². The summed E-state index contributed by atoms with van der Waals surface area (Å²) in [6.07, 6.45) is 0.510. The van der Waals surface area contributed by atoms with Crippen LogP contribution in [0.3, 0.4) is 0 Å². The highest BCUT2D eigenvalue weighted by molar-refractivity contribution is 8.01. The minimum absolute atomic E-state index is 0.510. The number of anilines is 2. The number of hydrogen-bond acceptors (Lipinski definition) is 6. The molecule has 0 bridgehead atoms. The molecule has 0 spiro atoms. The summed E-state index contributed by atoms with van der Waals surface area (Å²) in [5.41, 5.74) is 3.06. The van der Waals surface area contributed by atoms with E-state index in [1.54, 1.807) is 0 Å². The van der Waals surface area contributed by atoms with E-state index in [1.807, 2.05) is 19.9 Å². The Hall–Kier alpha value is -1.29. The van der Waals surface area contributed by atoms with E-state index in [1.165, 1.54) is 23.1 Å². The topological polar surface area (TPSA) is 61.6 Å². The maximum atomic E-state index is 8.50. The molecule has 2 aromatic rings. The third kappa shape index (κ3) is 3.85. The van der Waals surface area contributed by atoms with Gasteiger partial charge in [-0.05, 0) is 31.0 Å². The van der Waals surface area contributed by atoms with Gasteiger partial charge in [0.15, 0.2) is 4.34 Å². The van der Waals surface area contributed by atoms with Gasteiger partial charge in [-0.15, -0.1) is 10.2 Å². The van der Waals surface area contributed by atoms with E-state index in [-0.39, 0.29) is 0 Å². The van der Waals surface area contributed by atoms with E-state index in [9.17, 15) is 0 Å². The predicted molar refractivity (Wildman–Crippen MR) is 85.1 cm³/mol. The summed E-state index contributed by atoms with van der Waals surface area (Å²) in [6, 6.07) is 6.09. The molecular formula is C13H13ClN4S2. The number of halogens is 1. The van der Waals surface area contributed by atoms with E-state index in [2.05, 4.69) is 27.6 Å². The average Bonchev–Trinajstić information content (AvgIpc) is 2.82. The first-order valence-corrected chi connectivity index (χ1v) is 8.15. The molecule has 20 heavy (non-hydrogen) atoms. The highest BCUT2D eigenvalue weighted by Gasteiger charge is 2.09. The molecular weight excluding hydrogens is 312 g/mol. The molecule has 0 aliphatic carbocycles. The van der Waals surface area contributed by atoms with Gasteiger partial charge in [-0.1, -0.05) is 40.8 Å². The first-order valence-electron chi connectivity index (χ1n) is 5.97. The van der Waals surface area contributed by atoms with Crippen LogP contribution in [0, 0.1) is 25.2 Å². The van der Waals surface area contributed by atoms with Gasteiger partial charge in [0.25, 0.3) is 0 Å². The van der Waals surface area contributed by atoms with Crippen molar-refractivity contribution in [3.63, 3.8) is 0 Å². The van der Waals surface area contributed by atoms with Gasteiger partial charge in [-0.25, -0.2) is 0 Å². The Morgan fingerprint density at radius 1 is 1.40 bits per heavy atom. The quantitative estimate of drug-likeness (QED) is 0.645. The van der Waals surface area contributed by atoms with Crippen molar-refractivity contribution in [2.45, 2.75) is 24.6 Å². The molecule has 0 aliphatic rings. The van der Waals surface area contributed by atoms with Gasteiger partial charge in [0.2, 0.25) is 5.13 Å². The fraction of sp³-hybridized carbons (Fsp3) is 0.308. The lowest BCUT2D eigenvalue weighted by Crippen LogP contribution is -1.94. The number of nitrogens with zero attached hydrogens (tertiary/aromatic N) is 3. The predicted octanol–water partition coefficient (Wildman–Crippen LogP) is 4.56. The Kier molecular flexibility index (Phi) is 5.24. The summed E-state index contributed by atoms with van der Waals surface area (Å²) in [6.45, 7) is 4.02. The van der Waals surface area contributed by atoms with Gasteiger partial charge in [-0.2, -0.15) is 5.26 Å². The number of thioether (sulfide) groups is 1. The minimum atomic E-state index is 0.510. The molecule has 0 saturated carbocycles. The van der Waals surface area contributed by atoms with E-state index < -0.39 is 0 Å². The first kappa shape index (κ1) is 15.1. The number of nitriles is 1. The highest BCUT2D eigenvalue weighted by atomic mass is 35.5. The number of nitrogens with one attached hydrogen (secondary N) is 1. The van der Waals surface area contributed by atoms with E-state index >= 15 is 0 Å². The molecule has 1 N–H and O–H groups in total. The lowest BCUT2D eigenvalue weighted by atomic mass is 10.1. The standard InChI is InChI=1S/C13H13ClN4S2/c1-8-6-9(2)11(10(14)7-8)16-12-17-18-13(20-12)19-5-3-4-15/h6-7H,3,5H2,1-2H3,(H,16,17). The third-order valence-electron chi connectivity index (χ3n) is 2.51. The fourth-order valence-corrected chi connectivity index (χ4v) is 3.72. The minimum Gasteiger partial charge on any atom is -0.329 e. The zero-order valence-corrected chi connectivity index (χ0v) is 13.5. The maximum Gasteiger partial charge on any atom is 0.210 e. The molecule has 0 radical (unpaired) electrons. The Labute approximate surface area is 131 Å². The number of aryl methyl sites for hydroxylation is 2. The lowest BCUT2D eigenvalue weighted by molar-refractivity contribution is 1.01. The van der Waals surface area contributed by atoms with Crippen molar-refractivity contribution < 1.29 is 0 Å². The Morgan fingerprint density at radius 3 is 2.90 bits per heavy atom. The smallest absolute Gasteiger partial charge is 0.210 e. The van der Waals surface area contributed by atoms with Crippen LogP contribution in [0.25, 0.3) is 0 Å². The van der Waals surface area contributed by atoms with E-state index in [4.69, 9.17) is 16.9 Å². The summed E-state index contributed by atoms with van der Waals surface area (Å²) in [5, 5.41) is 21.3. The molecule has 4 nitrogen and oxygen atoms in total. The Morgan fingerprint density at radius 2 is 2.20 bits per heavy atom.